The Balaban J connectivity index is 1.83. The van der Waals surface area contributed by atoms with Gasteiger partial charge in [-0.1, -0.05) is 34.6 Å². The summed E-state index contributed by atoms with van der Waals surface area (Å²) >= 11 is 0. The van der Waals surface area contributed by atoms with Crippen molar-refractivity contribution in [2.24, 2.45) is 34.3 Å². The van der Waals surface area contributed by atoms with Gasteiger partial charge in [0.25, 0.3) is 5.91 Å². The topological polar surface area (TPSA) is 151 Å². The van der Waals surface area contributed by atoms with Crippen molar-refractivity contribution < 1.29 is 32.8 Å². The number of hydrogen-bond acceptors (Lipinski definition) is 5. The predicted molar refractivity (Wildman–Crippen MR) is 139 cm³/mol. The van der Waals surface area contributed by atoms with Crippen molar-refractivity contribution in [3.63, 3.8) is 0 Å². The third-order valence-electron chi connectivity index (χ3n) is 8.26. The number of nitrogens with two attached hydrogens (primary N) is 1. The van der Waals surface area contributed by atoms with Gasteiger partial charge < -0.3 is 26.6 Å². The first kappa shape index (κ1) is 30.7. The normalized spacial score (nSPS) is 26.9. The van der Waals surface area contributed by atoms with Gasteiger partial charge in [-0.2, -0.15) is 0 Å². The van der Waals surface area contributed by atoms with Crippen molar-refractivity contribution in [1.82, 2.24) is 20.9 Å². The molecule has 2 saturated carbocycles. The van der Waals surface area contributed by atoms with E-state index in [1.54, 1.807) is 20.8 Å². The van der Waals surface area contributed by atoms with E-state index < -0.39 is 83.3 Å². The van der Waals surface area contributed by atoms with E-state index in [9.17, 15) is 32.8 Å². The van der Waals surface area contributed by atoms with Crippen LogP contribution in [0.25, 0.3) is 0 Å². The van der Waals surface area contributed by atoms with Crippen LogP contribution in [0.2, 0.25) is 0 Å². The Labute approximate surface area is 228 Å². The van der Waals surface area contributed by atoms with Crippen LogP contribution in [-0.4, -0.2) is 70.6 Å². The van der Waals surface area contributed by atoms with Gasteiger partial charge in [-0.25, -0.2) is 13.6 Å². The van der Waals surface area contributed by atoms with Crippen molar-refractivity contribution in [2.45, 2.75) is 104 Å². The number of ketones is 1. The van der Waals surface area contributed by atoms with Crippen molar-refractivity contribution in [3.8, 4) is 0 Å². The highest BCUT2D eigenvalue weighted by Crippen LogP contribution is 2.65. The van der Waals surface area contributed by atoms with Crippen LogP contribution in [0.15, 0.2) is 0 Å². The summed E-state index contributed by atoms with van der Waals surface area (Å²) in [6, 6.07) is -3.80. The van der Waals surface area contributed by atoms with E-state index in [-0.39, 0.29) is 30.2 Å². The van der Waals surface area contributed by atoms with Crippen molar-refractivity contribution in [3.05, 3.63) is 0 Å². The Kier molecular flexibility index (Phi) is 7.88. The summed E-state index contributed by atoms with van der Waals surface area (Å²) < 4.78 is 26.8. The van der Waals surface area contributed by atoms with Gasteiger partial charge in [-0.05, 0) is 55.8 Å². The molecule has 220 valence electrons. The molecular weight excluding hydrogens is 512 g/mol. The van der Waals surface area contributed by atoms with Gasteiger partial charge in [0.05, 0.1) is 6.04 Å². The lowest BCUT2D eigenvalue weighted by Gasteiger charge is -2.39. The van der Waals surface area contributed by atoms with Gasteiger partial charge in [0.1, 0.15) is 12.1 Å². The number of alkyl halides is 2. The quantitative estimate of drug-likeness (QED) is 0.338. The highest BCUT2D eigenvalue weighted by atomic mass is 19.3. The molecule has 5 N–H and O–H groups in total. The molecule has 5 atom stereocenters. The zero-order chi connectivity index (χ0) is 29.9. The largest absolute Gasteiger partial charge is 0.363 e. The molecule has 1 heterocycles. The molecule has 39 heavy (non-hydrogen) atoms. The molecular formula is C27H43F2N5O5. The number of rotatable bonds is 8. The highest BCUT2D eigenvalue weighted by molar-refractivity contribution is 6.37. The summed E-state index contributed by atoms with van der Waals surface area (Å²) in [5.74, 6) is -6.96. The number of likely N-dealkylation sites (tertiary alicyclic amines) is 1. The zero-order valence-corrected chi connectivity index (χ0v) is 24.1. The zero-order valence-electron chi connectivity index (χ0n) is 24.1. The number of primary amides is 1. The Hall–Kier alpha value is -2.79. The fraction of sp³-hybridized carbons (Fsp3) is 0.815. The Morgan fingerprint density at radius 3 is 2.03 bits per heavy atom. The van der Waals surface area contributed by atoms with E-state index in [0.717, 1.165) is 0 Å². The van der Waals surface area contributed by atoms with Crippen LogP contribution in [0.3, 0.4) is 0 Å². The third kappa shape index (κ3) is 6.69. The van der Waals surface area contributed by atoms with Gasteiger partial charge in [-0.3, -0.25) is 19.2 Å². The minimum absolute atomic E-state index is 0.0248. The van der Waals surface area contributed by atoms with E-state index in [4.69, 9.17) is 5.73 Å². The van der Waals surface area contributed by atoms with E-state index in [0.29, 0.717) is 0 Å². The highest BCUT2D eigenvalue weighted by Gasteiger charge is 2.70. The Morgan fingerprint density at radius 2 is 1.56 bits per heavy atom. The molecule has 1 saturated heterocycles. The molecule has 0 spiro atoms. The molecule has 3 aliphatic rings. The van der Waals surface area contributed by atoms with Crippen LogP contribution in [0.5, 0.6) is 0 Å². The van der Waals surface area contributed by atoms with E-state index >= 15 is 0 Å². The number of urea groups is 1. The molecule has 10 nitrogen and oxygen atoms in total. The van der Waals surface area contributed by atoms with Crippen molar-refractivity contribution in [2.75, 3.05) is 6.54 Å². The smallest absolute Gasteiger partial charge is 0.315 e. The van der Waals surface area contributed by atoms with E-state index in [1.165, 1.54) is 4.90 Å². The van der Waals surface area contributed by atoms with Crippen LogP contribution in [0.4, 0.5) is 13.6 Å². The summed E-state index contributed by atoms with van der Waals surface area (Å²) in [4.78, 5) is 65.9. The van der Waals surface area contributed by atoms with Gasteiger partial charge in [-0.15, -0.1) is 0 Å². The SMILES string of the molecule is CC(C)(C)NC(=O)N[C@H](C(=O)N1C[C@H]2[C@@H](C1C(=O)NC(CC1CC(F)(F)C1)C(=O)C(N)=O)C2(C)C)C(C)(C)C. The lowest BCUT2D eigenvalue weighted by molar-refractivity contribution is -0.146. The first-order valence-corrected chi connectivity index (χ1v) is 13.5. The number of fused-ring (bicyclic) bond motifs is 1. The van der Waals surface area contributed by atoms with Crippen molar-refractivity contribution in [1.29, 1.82) is 0 Å². The molecule has 0 bridgehead atoms. The number of hydrogen-bond donors (Lipinski definition) is 4. The summed E-state index contributed by atoms with van der Waals surface area (Å²) in [6.45, 7) is 15.1. The van der Waals surface area contributed by atoms with Crippen LogP contribution in [0.1, 0.15) is 74.7 Å². The summed E-state index contributed by atoms with van der Waals surface area (Å²) in [5.41, 5.74) is 3.71. The predicted octanol–water partition coefficient (Wildman–Crippen LogP) is 1.96. The van der Waals surface area contributed by atoms with Crippen molar-refractivity contribution >= 4 is 29.5 Å². The molecule has 0 radical (unpaired) electrons. The number of carbonyl (C=O) groups is 5. The third-order valence-corrected chi connectivity index (χ3v) is 8.26. The minimum atomic E-state index is -2.83. The number of nitrogens with one attached hydrogen (secondary N) is 3. The molecule has 2 unspecified atom stereocenters. The molecule has 3 rings (SSSR count). The van der Waals surface area contributed by atoms with Gasteiger partial charge in [0.15, 0.2) is 0 Å². The lowest BCUT2D eigenvalue weighted by Crippen LogP contribution is -2.62. The van der Waals surface area contributed by atoms with Gasteiger partial charge in [0.2, 0.25) is 23.5 Å². The number of carbonyl (C=O) groups excluding carboxylic acids is 5. The standard InChI is InChI=1S/C27H43F2N5O5/c1-24(2,3)19(32-23(39)33-25(4,5)6)22(38)34-12-14-16(26(14,7)8)17(34)21(37)31-15(18(35)20(30)36)9-13-10-27(28,29)11-13/h13-17,19H,9-12H2,1-8H3,(H2,30,36)(H,31,37)(H2,32,33,39)/t14-,15?,16-,17?,19+/m0/s1. The van der Waals surface area contributed by atoms with Gasteiger partial charge in [0, 0.05) is 24.9 Å². The molecule has 0 aromatic rings. The van der Waals surface area contributed by atoms with E-state index in [1.807, 2.05) is 34.6 Å². The molecule has 3 fully saturated rings. The van der Waals surface area contributed by atoms with Gasteiger partial charge >= 0.3 is 6.03 Å². The summed E-state index contributed by atoms with van der Waals surface area (Å²) in [6.07, 6.45) is -1.01. The first-order valence-electron chi connectivity index (χ1n) is 13.5. The number of amides is 5. The maximum absolute atomic E-state index is 13.9. The fourth-order valence-electron chi connectivity index (χ4n) is 6.08. The molecule has 0 aromatic carbocycles. The Bertz CT molecular complexity index is 1040. The lowest BCUT2D eigenvalue weighted by atomic mass is 9.77. The molecule has 5 amide bonds. The monoisotopic (exact) mass is 555 g/mol. The summed E-state index contributed by atoms with van der Waals surface area (Å²) in [7, 11) is 0. The second-order valence-corrected chi connectivity index (χ2v) is 14.2. The number of piperidine rings is 1. The maximum atomic E-state index is 13.9. The van der Waals surface area contributed by atoms with Crippen LogP contribution in [-0.2, 0) is 19.2 Å². The molecule has 12 heteroatoms. The average molecular weight is 556 g/mol. The summed E-state index contributed by atoms with van der Waals surface area (Å²) in [5, 5.41) is 8.11. The molecule has 1 aliphatic heterocycles. The molecule has 0 aromatic heterocycles. The average Bonchev–Trinajstić information content (AvgIpc) is 3.06. The van der Waals surface area contributed by atoms with Crippen LogP contribution < -0.4 is 21.7 Å². The molecule has 2 aliphatic carbocycles. The first-order chi connectivity index (χ1) is 17.5. The second-order valence-electron chi connectivity index (χ2n) is 14.2. The van der Waals surface area contributed by atoms with Crippen LogP contribution in [0, 0.1) is 28.6 Å². The maximum Gasteiger partial charge on any atom is 0.315 e. The second kappa shape index (κ2) is 9.99. The fourth-order valence-corrected chi connectivity index (χ4v) is 6.08. The Morgan fingerprint density at radius 1 is 1.00 bits per heavy atom. The number of nitrogens with zero attached hydrogens (tertiary/aromatic N) is 1. The number of Topliss-reactive ketones (excluding diaryl/α,β-unsaturated/α-hetero) is 1. The van der Waals surface area contributed by atoms with E-state index in [2.05, 4.69) is 16.0 Å². The van der Waals surface area contributed by atoms with Crippen LogP contribution >= 0.6 is 0 Å². The number of halogens is 2. The minimum Gasteiger partial charge on any atom is -0.363 e.